The van der Waals surface area contributed by atoms with Gasteiger partial charge in [-0.3, -0.25) is 0 Å². The molecule has 2 atom stereocenters. The Morgan fingerprint density at radius 3 is 2.35 bits per heavy atom. The highest BCUT2D eigenvalue weighted by Gasteiger charge is 2.26. The molecule has 0 radical (unpaired) electrons. The van der Waals surface area contributed by atoms with E-state index in [1.165, 1.54) is 36.0 Å². The van der Waals surface area contributed by atoms with Gasteiger partial charge in [0.15, 0.2) is 0 Å². The summed E-state index contributed by atoms with van der Waals surface area (Å²) in [7, 11) is 4.42. The first-order chi connectivity index (χ1) is 9.75. The molecule has 2 aromatic carbocycles. The summed E-state index contributed by atoms with van der Waals surface area (Å²) in [5.74, 6) is 0.530. The third kappa shape index (κ3) is 2.64. The van der Waals surface area contributed by atoms with Crippen molar-refractivity contribution in [2.24, 2.45) is 0 Å². The lowest BCUT2D eigenvalue weighted by Gasteiger charge is -2.26. The van der Waals surface area contributed by atoms with E-state index in [0.29, 0.717) is 12.0 Å². The van der Waals surface area contributed by atoms with E-state index >= 15 is 0 Å². The van der Waals surface area contributed by atoms with Crippen LogP contribution in [0.15, 0.2) is 54.6 Å². The standard InChI is InChI=1S/C19H23N/c1-20(2)17-13-12-16-10-6-7-11-18(16)19(14-17)15-8-4-3-5-9-15/h3-11,17,19H,12-14H2,1-2H3/t17-,19+/m1/s1. The van der Waals surface area contributed by atoms with Crippen LogP contribution in [0.2, 0.25) is 0 Å². The molecular weight excluding hydrogens is 242 g/mol. The van der Waals surface area contributed by atoms with Crippen molar-refractivity contribution in [2.75, 3.05) is 14.1 Å². The molecule has 0 N–H and O–H groups in total. The number of nitrogens with zero attached hydrogens (tertiary/aromatic N) is 1. The Morgan fingerprint density at radius 1 is 0.900 bits per heavy atom. The zero-order chi connectivity index (χ0) is 13.9. The summed E-state index contributed by atoms with van der Waals surface area (Å²) in [6.45, 7) is 0. The number of aryl methyl sites for hydroxylation is 1. The van der Waals surface area contributed by atoms with Gasteiger partial charge < -0.3 is 4.90 Å². The van der Waals surface area contributed by atoms with E-state index in [-0.39, 0.29) is 0 Å². The molecule has 1 nitrogen and oxygen atoms in total. The predicted molar refractivity (Wildman–Crippen MR) is 85.1 cm³/mol. The van der Waals surface area contributed by atoms with Crippen molar-refractivity contribution < 1.29 is 0 Å². The van der Waals surface area contributed by atoms with Gasteiger partial charge in [0.25, 0.3) is 0 Å². The normalized spacial score (nSPS) is 22.4. The second-order valence-corrected chi connectivity index (χ2v) is 6.05. The topological polar surface area (TPSA) is 3.24 Å². The first-order valence-electron chi connectivity index (χ1n) is 7.55. The largest absolute Gasteiger partial charge is 0.306 e. The van der Waals surface area contributed by atoms with Crippen LogP contribution in [0.25, 0.3) is 0 Å². The maximum atomic E-state index is 2.39. The van der Waals surface area contributed by atoms with Gasteiger partial charge in [-0.1, -0.05) is 54.6 Å². The molecule has 0 unspecified atom stereocenters. The molecule has 0 saturated heterocycles. The number of rotatable bonds is 2. The molecule has 0 aromatic heterocycles. The molecule has 0 fully saturated rings. The van der Waals surface area contributed by atoms with Gasteiger partial charge in [-0.25, -0.2) is 0 Å². The molecule has 2 aromatic rings. The quantitative estimate of drug-likeness (QED) is 0.739. The van der Waals surface area contributed by atoms with E-state index in [0.717, 1.165) is 0 Å². The highest BCUT2D eigenvalue weighted by Crippen LogP contribution is 2.36. The molecule has 20 heavy (non-hydrogen) atoms. The fraction of sp³-hybridized carbons (Fsp3) is 0.368. The van der Waals surface area contributed by atoms with Gasteiger partial charge in [-0.05, 0) is 50.0 Å². The summed E-state index contributed by atoms with van der Waals surface area (Å²) in [6, 6.07) is 20.6. The average molecular weight is 265 g/mol. The van der Waals surface area contributed by atoms with Gasteiger partial charge in [0.05, 0.1) is 0 Å². The molecule has 0 bridgehead atoms. The fourth-order valence-electron chi connectivity index (χ4n) is 3.41. The first kappa shape index (κ1) is 13.4. The van der Waals surface area contributed by atoms with Crippen LogP contribution in [0.3, 0.4) is 0 Å². The fourth-order valence-corrected chi connectivity index (χ4v) is 3.41. The Hall–Kier alpha value is -1.60. The number of hydrogen-bond acceptors (Lipinski definition) is 1. The van der Waals surface area contributed by atoms with Crippen molar-refractivity contribution in [1.29, 1.82) is 0 Å². The molecule has 3 rings (SSSR count). The lowest BCUT2D eigenvalue weighted by molar-refractivity contribution is 0.262. The maximum Gasteiger partial charge on any atom is 0.0107 e. The van der Waals surface area contributed by atoms with Crippen molar-refractivity contribution >= 4 is 0 Å². The number of fused-ring (bicyclic) bond motifs is 1. The van der Waals surface area contributed by atoms with Crippen LogP contribution in [0.5, 0.6) is 0 Å². The minimum Gasteiger partial charge on any atom is -0.306 e. The Bertz CT molecular complexity index is 559. The van der Waals surface area contributed by atoms with Crippen LogP contribution in [-0.4, -0.2) is 25.0 Å². The van der Waals surface area contributed by atoms with Crippen molar-refractivity contribution in [1.82, 2.24) is 4.90 Å². The third-order valence-electron chi connectivity index (χ3n) is 4.62. The van der Waals surface area contributed by atoms with Crippen molar-refractivity contribution in [3.63, 3.8) is 0 Å². The SMILES string of the molecule is CN(C)[C@@H]1CCc2ccccc2[C@H](c2ccccc2)C1. The second kappa shape index (κ2) is 5.80. The smallest absolute Gasteiger partial charge is 0.0107 e. The van der Waals surface area contributed by atoms with Gasteiger partial charge in [0.1, 0.15) is 0 Å². The minimum atomic E-state index is 0.530. The second-order valence-electron chi connectivity index (χ2n) is 6.05. The summed E-state index contributed by atoms with van der Waals surface area (Å²) in [4.78, 5) is 2.39. The maximum absolute atomic E-state index is 2.39. The molecular formula is C19H23N. The summed E-state index contributed by atoms with van der Waals surface area (Å²) >= 11 is 0. The van der Waals surface area contributed by atoms with E-state index in [4.69, 9.17) is 0 Å². The van der Waals surface area contributed by atoms with Gasteiger partial charge in [0.2, 0.25) is 0 Å². The molecule has 1 aliphatic carbocycles. The predicted octanol–water partition coefficient (Wildman–Crippen LogP) is 4.09. The van der Waals surface area contributed by atoms with E-state index in [9.17, 15) is 0 Å². The van der Waals surface area contributed by atoms with Gasteiger partial charge in [-0.2, -0.15) is 0 Å². The van der Waals surface area contributed by atoms with Crippen LogP contribution in [0.4, 0.5) is 0 Å². The first-order valence-corrected chi connectivity index (χ1v) is 7.55. The van der Waals surface area contributed by atoms with Crippen LogP contribution < -0.4 is 0 Å². The van der Waals surface area contributed by atoms with E-state index in [2.05, 4.69) is 73.6 Å². The average Bonchev–Trinajstić information content (AvgIpc) is 2.68. The molecule has 0 heterocycles. The number of benzene rings is 2. The van der Waals surface area contributed by atoms with E-state index < -0.39 is 0 Å². The molecule has 0 spiro atoms. The zero-order valence-corrected chi connectivity index (χ0v) is 12.4. The highest BCUT2D eigenvalue weighted by atomic mass is 15.1. The Balaban J connectivity index is 2.03. The minimum absolute atomic E-state index is 0.530. The molecule has 1 aliphatic rings. The highest BCUT2D eigenvalue weighted by molar-refractivity contribution is 5.39. The van der Waals surface area contributed by atoms with Crippen molar-refractivity contribution in [3.8, 4) is 0 Å². The Kier molecular flexibility index (Phi) is 3.88. The van der Waals surface area contributed by atoms with Crippen molar-refractivity contribution in [3.05, 3.63) is 71.3 Å². The summed E-state index contributed by atoms with van der Waals surface area (Å²) in [5.41, 5.74) is 4.52. The van der Waals surface area contributed by atoms with Gasteiger partial charge in [-0.15, -0.1) is 0 Å². The summed E-state index contributed by atoms with van der Waals surface area (Å²) in [5, 5.41) is 0. The molecule has 0 aliphatic heterocycles. The monoisotopic (exact) mass is 265 g/mol. The molecule has 1 heteroatoms. The lowest BCUT2D eigenvalue weighted by Crippen LogP contribution is -2.29. The van der Waals surface area contributed by atoms with E-state index in [1.807, 2.05) is 0 Å². The van der Waals surface area contributed by atoms with Crippen LogP contribution in [0, 0.1) is 0 Å². The lowest BCUT2D eigenvalue weighted by atomic mass is 9.85. The van der Waals surface area contributed by atoms with Crippen LogP contribution in [0.1, 0.15) is 35.4 Å². The zero-order valence-electron chi connectivity index (χ0n) is 12.4. The van der Waals surface area contributed by atoms with Crippen molar-refractivity contribution in [2.45, 2.75) is 31.2 Å². The number of hydrogen-bond donors (Lipinski definition) is 0. The molecule has 0 saturated carbocycles. The Morgan fingerprint density at radius 2 is 1.60 bits per heavy atom. The molecule has 0 amide bonds. The molecule has 104 valence electrons. The Labute approximate surface area is 122 Å². The van der Waals surface area contributed by atoms with Crippen LogP contribution >= 0.6 is 0 Å². The summed E-state index contributed by atoms with van der Waals surface area (Å²) < 4.78 is 0. The van der Waals surface area contributed by atoms with Crippen LogP contribution in [-0.2, 0) is 6.42 Å². The van der Waals surface area contributed by atoms with Gasteiger partial charge >= 0.3 is 0 Å². The summed E-state index contributed by atoms with van der Waals surface area (Å²) in [6.07, 6.45) is 3.67. The van der Waals surface area contributed by atoms with E-state index in [1.54, 1.807) is 0 Å². The van der Waals surface area contributed by atoms with Gasteiger partial charge in [0, 0.05) is 12.0 Å². The third-order valence-corrected chi connectivity index (χ3v) is 4.62.